The monoisotopic (exact) mass is 449 g/mol. The molecule has 1 unspecified atom stereocenters. The zero-order valence-electron chi connectivity index (χ0n) is 18.8. The largest absolute Gasteiger partial charge is 0.322 e. The van der Waals surface area contributed by atoms with Gasteiger partial charge in [-0.1, -0.05) is 31.5 Å². The van der Waals surface area contributed by atoms with Crippen LogP contribution in [0.3, 0.4) is 0 Å². The van der Waals surface area contributed by atoms with Crippen LogP contribution >= 0.6 is 0 Å². The van der Waals surface area contributed by atoms with Crippen molar-refractivity contribution in [3.05, 3.63) is 60.0 Å². The molecule has 9 heteroatoms. The zero-order chi connectivity index (χ0) is 22.8. The summed E-state index contributed by atoms with van der Waals surface area (Å²) in [7, 11) is -1.55. The second-order valence-corrected chi connectivity index (χ2v) is 9.60. The summed E-state index contributed by atoms with van der Waals surface area (Å²) in [6.07, 6.45) is 5.41. The van der Waals surface area contributed by atoms with Gasteiger partial charge in [-0.3, -0.25) is 9.67 Å². The first-order chi connectivity index (χ1) is 15.3. The van der Waals surface area contributed by atoms with E-state index in [9.17, 15) is 4.21 Å². The van der Waals surface area contributed by atoms with Crippen LogP contribution in [0.15, 0.2) is 59.1 Å². The van der Waals surface area contributed by atoms with Gasteiger partial charge < -0.3 is 5.32 Å². The van der Waals surface area contributed by atoms with E-state index < -0.39 is 10.8 Å². The molecule has 0 aliphatic heterocycles. The highest BCUT2D eigenvalue weighted by Crippen LogP contribution is 2.37. The molecule has 0 aliphatic carbocycles. The molecular formula is C23H27N7OS. The van der Waals surface area contributed by atoms with Crippen molar-refractivity contribution in [2.75, 3.05) is 5.32 Å². The maximum absolute atomic E-state index is 12.9. The minimum absolute atomic E-state index is 0.189. The predicted molar refractivity (Wildman–Crippen MR) is 125 cm³/mol. The quantitative estimate of drug-likeness (QED) is 0.412. The second-order valence-electron chi connectivity index (χ2n) is 8.26. The van der Waals surface area contributed by atoms with E-state index in [-0.39, 0.29) is 17.1 Å². The van der Waals surface area contributed by atoms with E-state index in [0.29, 0.717) is 11.0 Å². The number of pyridine rings is 1. The maximum Gasteiger partial charge on any atom is 0.247 e. The number of H-pyrrole nitrogens is 1. The molecule has 8 nitrogen and oxygen atoms in total. The van der Waals surface area contributed by atoms with Gasteiger partial charge in [0.15, 0.2) is 5.03 Å². The Balaban J connectivity index is 1.69. The summed E-state index contributed by atoms with van der Waals surface area (Å²) in [5.74, 6) is 0.632. The van der Waals surface area contributed by atoms with Crippen LogP contribution in [-0.2, 0) is 10.8 Å². The van der Waals surface area contributed by atoms with Gasteiger partial charge in [0.1, 0.15) is 10.8 Å². The van der Waals surface area contributed by atoms with Gasteiger partial charge in [0, 0.05) is 35.8 Å². The van der Waals surface area contributed by atoms with Crippen molar-refractivity contribution >= 4 is 22.4 Å². The Labute approximate surface area is 190 Å². The van der Waals surface area contributed by atoms with Crippen LogP contribution in [0, 0.1) is 6.92 Å². The number of nitrogens with one attached hydrogen (secondary N) is 2. The molecule has 32 heavy (non-hydrogen) atoms. The van der Waals surface area contributed by atoms with E-state index in [1.165, 1.54) is 0 Å². The number of rotatable bonds is 7. The molecule has 0 spiro atoms. The van der Waals surface area contributed by atoms with Crippen LogP contribution in [0.1, 0.15) is 50.8 Å². The van der Waals surface area contributed by atoms with Crippen LogP contribution in [0.25, 0.3) is 11.1 Å². The van der Waals surface area contributed by atoms with Crippen LogP contribution in [0.4, 0.5) is 11.6 Å². The average molecular weight is 450 g/mol. The highest BCUT2D eigenvalue weighted by Gasteiger charge is 2.19. The van der Waals surface area contributed by atoms with Gasteiger partial charge in [-0.05, 0) is 50.5 Å². The molecule has 3 aromatic heterocycles. The third-order valence-electron chi connectivity index (χ3n) is 5.09. The molecule has 3 heterocycles. The number of aromatic amines is 1. The zero-order valence-corrected chi connectivity index (χ0v) is 19.6. The molecule has 2 N–H and O–H groups in total. The summed E-state index contributed by atoms with van der Waals surface area (Å²) in [6.45, 7) is 10.4. The number of aromatic nitrogens is 6. The third-order valence-corrected chi connectivity index (χ3v) is 6.22. The minimum Gasteiger partial charge on any atom is -0.322 e. The number of hydrogen-bond acceptors (Lipinski definition) is 6. The Morgan fingerprint density at radius 2 is 1.97 bits per heavy atom. The van der Waals surface area contributed by atoms with Crippen LogP contribution in [-0.4, -0.2) is 34.2 Å². The SMILES string of the molecule is Cc1cc(-c2cccnc2)c(Nc2n[nH]c(S(=O)c3ccn(C(C)C)n3)n2)c(C(C)C)c1. The van der Waals surface area contributed by atoms with Crippen LogP contribution in [0.5, 0.6) is 0 Å². The van der Waals surface area contributed by atoms with Crippen LogP contribution in [0.2, 0.25) is 0 Å². The Morgan fingerprint density at radius 3 is 2.62 bits per heavy atom. The number of hydrogen-bond donors (Lipinski definition) is 2. The molecule has 4 aromatic rings. The Hall–Kier alpha value is -3.33. The summed E-state index contributed by atoms with van der Waals surface area (Å²) in [6, 6.07) is 10.2. The smallest absolute Gasteiger partial charge is 0.247 e. The van der Waals surface area contributed by atoms with Crippen molar-refractivity contribution in [2.45, 2.75) is 56.8 Å². The van der Waals surface area contributed by atoms with Gasteiger partial charge >= 0.3 is 0 Å². The van der Waals surface area contributed by atoms with Gasteiger partial charge in [0.2, 0.25) is 11.1 Å². The normalized spacial score (nSPS) is 12.5. The van der Waals surface area contributed by atoms with Crippen molar-refractivity contribution in [1.29, 1.82) is 0 Å². The lowest BCUT2D eigenvalue weighted by Crippen LogP contribution is -2.04. The fourth-order valence-electron chi connectivity index (χ4n) is 3.46. The van der Waals surface area contributed by atoms with Gasteiger partial charge in [0.05, 0.1) is 5.69 Å². The molecule has 0 bridgehead atoms. The number of nitrogens with zero attached hydrogens (tertiary/aromatic N) is 5. The summed E-state index contributed by atoms with van der Waals surface area (Å²) >= 11 is 0. The molecule has 1 aromatic carbocycles. The molecule has 0 radical (unpaired) electrons. The first-order valence-corrected chi connectivity index (χ1v) is 11.7. The topological polar surface area (TPSA) is 101 Å². The van der Waals surface area contributed by atoms with Crippen molar-refractivity contribution in [1.82, 2.24) is 29.9 Å². The fourth-order valence-corrected chi connectivity index (χ4v) is 4.31. The van der Waals surface area contributed by atoms with Gasteiger partial charge in [-0.25, -0.2) is 9.31 Å². The summed E-state index contributed by atoms with van der Waals surface area (Å²) in [5.41, 5.74) is 5.24. The lowest BCUT2D eigenvalue weighted by atomic mass is 9.92. The van der Waals surface area contributed by atoms with Crippen molar-refractivity contribution in [3.8, 4) is 11.1 Å². The molecule has 166 valence electrons. The first kappa shape index (κ1) is 21.9. The predicted octanol–water partition coefficient (Wildman–Crippen LogP) is 4.99. The van der Waals surface area contributed by atoms with Crippen LogP contribution < -0.4 is 5.32 Å². The number of aryl methyl sites for hydroxylation is 1. The van der Waals surface area contributed by atoms with Gasteiger partial charge in [0.25, 0.3) is 0 Å². The molecular weight excluding hydrogens is 422 g/mol. The summed E-state index contributed by atoms with van der Waals surface area (Å²) < 4.78 is 14.7. The second kappa shape index (κ2) is 9.04. The lowest BCUT2D eigenvalue weighted by Gasteiger charge is -2.19. The van der Waals surface area contributed by atoms with E-state index in [0.717, 1.165) is 27.9 Å². The Morgan fingerprint density at radius 1 is 1.16 bits per heavy atom. The highest BCUT2D eigenvalue weighted by molar-refractivity contribution is 7.84. The molecule has 0 saturated carbocycles. The standard InChI is InChI=1S/C23H27N7OS/c1-14(2)18-11-16(5)12-19(17-7-6-9-24-13-17)21(18)25-22-26-23(28-27-22)32(31)20-8-10-30(29-20)15(3)4/h6-15H,1-5H3,(H2,25,26,27,28). The van der Waals surface area contributed by atoms with Crippen molar-refractivity contribution in [2.24, 2.45) is 0 Å². The minimum atomic E-state index is -1.55. The van der Waals surface area contributed by atoms with Crippen molar-refractivity contribution in [3.63, 3.8) is 0 Å². The van der Waals surface area contributed by atoms with E-state index in [1.54, 1.807) is 16.9 Å². The lowest BCUT2D eigenvalue weighted by molar-refractivity contribution is 0.520. The number of anilines is 2. The molecule has 4 rings (SSSR count). The molecule has 0 aliphatic rings. The maximum atomic E-state index is 12.9. The molecule has 1 atom stereocenters. The summed E-state index contributed by atoms with van der Waals surface area (Å²) in [5, 5.41) is 15.5. The molecule has 0 amide bonds. The highest BCUT2D eigenvalue weighted by atomic mass is 32.2. The fraction of sp³-hybridized carbons (Fsp3) is 0.304. The van der Waals surface area contributed by atoms with E-state index in [2.05, 4.69) is 63.5 Å². The van der Waals surface area contributed by atoms with E-state index in [1.807, 2.05) is 38.4 Å². The molecule has 0 fully saturated rings. The summed E-state index contributed by atoms with van der Waals surface area (Å²) in [4.78, 5) is 8.73. The van der Waals surface area contributed by atoms with Gasteiger partial charge in [-0.15, -0.1) is 5.10 Å². The Kier molecular flexibility index (Phi) is 6.18. The van der Waals surface area contributed by atoms with Crippen molar-refractivity contribution < 1.29 is 4.21 Å². The number of benzene rings is 1. The van der Waals surface area contributed by atoms with E-state index >= 15 is 0 Å². The Bertz CT molecular complexity index is 1240. The van der Waals surface area contributed by atoms with Gasteiger partial charge in [-0.2, -0.15) is 10.1 Å². The first-order valence-electron chi connectivity index (χ1n) is 10.5. The third kappa shape index (κ3) is 4.47. The van der Waals surface area contributed by atoms with E-state index in [4.69, 9.17) is 0 Å². The molecule has 0 saturated heterocycles. The average Bonchev–Trinajstić information content (AvgIpc) is 3.45.